The molecule has 126 valence electrons. The molecule has 0 aliphatic rings. The molecule has 0 aliphatic heterocycles. The van der Waals surface area contributed by atoms with Gasteiger partial charge in [-0.25, -0.2) is 0 Å². The van der Waals surface area contributed by atoms with E-state index in [1.165, 1.54) is 0 Å². The van der Waals surface area contributed by atoms with Gasteiger partial charge in [-0.15, -0.1) is 0 Å². The number of ether oxygens (including phenoxy) is 1. The van der Waals surface area contributed by atoms with E-state index in [-0.39, 0.29) is 12.3 Å². The van der Waals surface area contributed by atoms with Gasteiger partial charge in [0, 0.05) is 24.2 Å². The van der Waals surface area contributed by atoms with Gasteiger partial charge in [0.05, 0.1) is 0 Å². The average Bonchev–Trinajstić information content (AvgIpc) is 2.59. The normalized spacial score (nSPS) is 10.2. The largest absolute Gasteiger partial charge is 0.492 e. The lowest BCUT2D eigenvalue weighted by Gasteiger charge is -2.08. The highest BCUT2D eigenvalue weighted by Crippen LogP contribution is 2.15. The Morgan fingerprint density at radius 1 is 1.04 bits per heavy atom. The summed E-state index contributed by atoms with van der Waals surface area (Å²) in [6, 6.07) is 13.9. The lowest BCUT2D eigenvalue weighted by atomic mass is 10.1. The Hall–Kier alpha value is -2.86. The molecule has 0 fully saturated rings. The minimum Gasteiger partial charge on any atom is -0.492 e. The van der Waals surface area contributed by atoms with E-state index in [2.05, 4.69) is 5.32 Å². The van der Waals surface area contributed by atoms with Crippen molar-refractivity contribution >= 4 is 17.6 Å². The zero-order valence-corrected chi connectivity index (χ0v) is 13.2. The minimum absolute atomic E-state index is 0.0876. The molecule has 6 nitrogen and oxygen atoms in total. The molecule has 0 saturated carbocycles. The van der Waals surface area contributed by atoms with Crippen LogP contribution in [-0.4, -0.2) is 30.1 Å². The van der Waals surface area contributed by atoms with E-state index in [1.54, 1.807) is 36.4 Å². The van der Waals surface area contributed by atoms with Crippen molar-refractivity contribution in [3.8, 4) is 5.75 Å². The number of amides is 1. The SMILES string of the molecule is NCCOc1ccc(C(=O)Nc2ccc(CCC(=O)O)cc2)cc1. The number of carbonyl (C=O) groups is 2. The van der Waals surface area contributed by atoms with Crippen LogP contribution in [-0.2, 0) is 11.2 Å². The van der Waals surface area contributed by atoms with E-state index in [1.807, 2.05) is 12.1 Å². The number of hydrogen-bond donors (Lipinski definition) is 3. The standard InChI is InChI=1S/C18H20N2O4/c19-11-12-24-16-8-4-14(5-9-16)18(23)20-15-6-1-13(2-7-15)3-10-17(21)22/h1-2,4-9H,3,10-12,19H2,(H,20,23)(H,21,22). The number of aryl methyl sites for hydroxylation is 1. The van der Waals surface area contributed by atoms with Crippen LogP contribution in [0, 0.1) is 0 Å². The number of nitrogens with two attached hydrogens (primary N) is 1. The van der Waals surface area contributed by atoms with Gasteiger partial charge in [0.25, 0.3) is 5.91 Å². The molecular weight excluding hydrogens is 308 g/mol. The zero-order valence-electron chi connectivity index (χ0n) is 13.2. The summed E-state index contributed by atoms with van der Waals surface area (Å²) < 4.78 is 5.36. The summed E-state index contributed by atoms with van der Waals surface area (Å²) in [5.41, 5.74) is 7.45. The van der Waals surface area contributed by atoms with Crippen molar-refractivity contribution in [2.45, 2.75) is 12.8 Å². The molecule has 24 heavy (non-hydrogen) atoms. The Bertz CT molecular complexity index is 681. The topological polar surface area (TPSA) is 102 Å². The highest BCUT2D eigenvalue weighted by molar-refractivity contribution is 6.04. The van der Waals surface area contributed by atoms with Crippen molar-refractivity contribution in [2.24, 2.45) is 5.73 Å². The van der Waals surface area contributed by atoms with Gasteiger partial charge in [0.2, 0.25) is 0 Å². The fourth-order valence-electron chi connectivity index (χ4n) is 2.09. The predicted molar refractivity (Wildman–Crippen MR) is 91.3 cm³/mol. The maximum Gasteiger partial charge on any atom is 0.303 e. The van der Waals surface area contributed by atoms with Crippen molar-refractivity contribution in [1.82, 2.24) is 0 Å². The Labute approximate surface area is 140 Å². The summed E-state index contributed by atoms with van der Waals surface area (Å²) in [6.45, 7) is 0.866. The molecule has 0 aliphatic carbocycles. The molecule has 0 saturated heterocycles. The van der Waals surface area contributed by atoms with E-state index < -0.39 is 5.97 Å². The van der Waals surface area contributed by atoms with Gasteiger partial charge in [0.1, 0.15) is 12.4 Å². The Balaban J connectivity index is 1.92. The van der Waals surface area contributed by atoms with Crippen LogP contribution in [0.4, 0.5) is 5.69 Å². The highest BCUT2D eigenvalue weighted by Gasteiger charge is 2.07. The monoisotopic (exact) mass is 328 g/mol. The molecule has 2 aromatic rings. The second kappa shape index (κ2) is 8.69. The van der Waals surface area contributed by atoms with Gasteiger partial charge in [-0.2, -0.15) is 0 Å². The van der Waals surface area contributed by atoms with E-state index in [4.69, 9.17) is 15.6 Å². The number of hydrogen-bond acceptors (Lipinski definition) is 4. The molecule has 2 rings (SSSR count). The average molecular weight is 328 g/mol. The Kier molecular flexibility index (Phi) is 6.33. The van der Waals surface area contributed by atoms with Crippen LogP contribution in [0.15, 0.2) is 48.5 Å². The first kappa shape index (κ1) is 17.5. The van der Waals surface area contributed by atoms with Gasteiger partial charge in [0.15, 0.2) is 0 Å². The van der Waals surface area contributed by atoms with Crippen LogP contribution < -0.4 is 15.8 Å². The fourth-order valence-corrected chi connectivity index (χ4v) is 2.09. The molecule has 2 aromatic carbocycles. The van der Waals surface area contributed by atoms with Crippen LogP contribution in [0.25, 0.3) is 0 Å². The molecule has 1 amide bonds. The van der Waals surface area contributed by atoms with Crippen molar-refractivity contribution in [1.29, 1.82) is 0 Å². The van der Waals surface area contributed by atoms with Crippen molar-refractivity contribution < 1.29 is 19.4 Å². The van der Waals surface area contributed by atoms with E-state index in [0.29, 0.717) is 36.6 Å². The molecule has 0 atom stereocenters. The summed E-state index contributed by atoms with van der Waals surface area (Å²) in [5.74, 6) is -0.385. The number of carboxylic acid groups (broad SMARTS) is 1. The van der Waals surface area contributed by atoms with Gasteiger partial charge < -0.3 is 20.9 Å². The van der Waals surface area contributed by atoms with Crippen LogP contribution in [0.3, 0.4) is 0 Å². The lowest BCUT2D eigenvalue weighted by molar-refractivity contribution is -0.136. The maximum atomic E-state index is 12.2. The Morgan fingerprint density at radius 3 is 2.29 bits per heavy atom. The van der Waals surface area contributed by atoms with Crippen molar-refractivity contribution in [2.75, 3.05) is 18.5 Å². The first-order chi connectivity index (χ1) is 11.6. The molecule has 0 aromatic heterocycles. The van der Waals surface area contributed by atoms with Gasteiger partial charge in [-0.1, -0.05) is 12.1 Å². The van der Waals surface area contributed by atoms with Crippen LogP contribution in [0.2, 0.25) is 0 Å². The molecule has 0 unspecified atom stereocenters. The van der Waals surface area contributed by atoms with Crippen LogP contribution in [0.5, 0.6) is 5.75 Å². The summed E-state index contributed by atoms with van der Waals surface area (Å²) in [6.07, 6.45) is 0.554. The quantitative estimate of drug-likeness (QED) is 0.690. The summed E-state index contributed by atoms with van der Waals surface area (Å²) >= 11 is 0. The number of aliphatic carboxylic acids is 1. The number of benzene rings is 2. The third kappa shape index (κ3) is 5.40. The van der Waals surface area contributed by atoms with Gasteiger partial charge in [-0.3, -0.25) is 9.59 Å². The van der Waals surface area contributed by atoms with Gasteiger partial charge in [-0.05, 0) is 48.4 Å². The maximum absolute atomic E-state index is 12.2. The summed E-state index contributed by atoms with van der Waals surface area (Å²) in [7, 11) is 0. The minimum atomic E-state index is -0.828. The van der Waals surface area contributed by atoms with E-state index in [0.717, 1.165) is 5.56 Å². The lowest BCUT2D eigenvalue weighted by Crippen LogP contribution is -2.12. The van der Waals surface area contributed by atoms with Crippen molar-refractivity contribution in [3.05, 3.63) is 59.7 Å². The van der Waals surface area contributed by atoms with Crippen LogP contribution >= 0.6 is 0 Å². The first-order valence-corrected chi connectivity index (χ1v) is 7.63. The molecule has 4 N–H and O–H groups in total. The molecule has 0 bridgehead atoms. The molecule has 6 heteroatoms. The fraction of sp³-hybridized carbons (Fsp3) is 0.222. The molecular formula is C18H20N2O4. The molecule has 0 spiro atoms. The number of rotatable bonds is 8. The van der Waals surface area contributed by atoms with Crippen LogP contribution in [0.1, 0.15) is 22.3 Å². The highest BCUT2D eigenvalue weighted by atomic mass is 16.5. The number of nitrogens with one attached hydrogen (secondary N) is 1. The third-order valence-electron chi connectivity index (χ3n) is 3.34. The molecule has 0 radical (unpaired) electrons. The molecule has 0 heterocycles. The number of anilines is 1. The number of carboxylic acids is 1. The van der Waals surface area contributed by atoms with Gasteiger partial charge >= 0.3 is 5.97 Å². The zero-order chi connectivity index (χ0) is 17.4. The Morgan fingerprint density at radius 2 is 1.71 bits per heavy atom. The van der Waals surface area contributed by atoms with E-state index in [9.17, 15) is 9.59 Å². The van der Waals surface area contributed by atoms with Crippen molar-refractivity contribution in [3.63, 3.8) is 0 Å². The third-order valence-corrected chi connectivity index (χ3v) is 3.34. The first-order valence-electron chi connectivity index (χ1n) is 7.63. The number of carbonyl (C=O) groups excluding carboxylic acids is 1. The summed E-state index contributed by atoms with van der Waals surface area (Å²) in [5, 5.41) is 11.5. The summed E-state index contributed by atoms with van der Waals surface area (Å²) in [4.78, 5) is 22.7. The predicted octanol–water partition coefficient (Wildman–Crippen LogP) is 2.29. The second-order valence-corrected chi connectivity index (χ2v) is 5.21. The smallest absolute Gasteiger partial charge is 0.303 e. The van der Waals surface area contributed by atoms with E-state index >= 15 is 0 Å². The second-order valence-electron chi connectivity index (χ2n) is 5.21.